The van der Waals surface area contributed by atoms with Crippen LogP contribution in [0.5, 0.6) is 11.5 Å². The zero-order valence-corrected chi connectivity index (χ0v) is 17.4. The van der Waals surface area contributed by atoms with Crippen molar-refractivity contribution in [3.05, 3.63) is 54.3 Å². The van der Waals surface area contributed by atoms with Crippen molar-refractivity contribution in [2.75, 3.05) is 51.3 Å². The Bertz CT molecular complexity index is 681. The van der Waals surface area contributed by atoms with Crippen molar-refractivity contribution in [3.63, 3.8) is 0 Å². The molecule has 0 saturated carbocycles. The molecule has 0 radical (unpaired) electrons. The molecule has 2 aromatic rings. The van der Waals surface area contributed by atoms with Crippen LogP contribution in [0.15, 0.2) is 48.5 Å². The predicted octanol–water partition coefficient (Wildman–Crippen LogP) is 3.24. The number of rotatable bonds is 7. The summed E-state index contributed by atoms with van der Waals surface area (Å²) in [5.74, 6) is 1.12. The second-order valence-electron chi connectivity index (χ2n) is 6.40. The fourth-order valence-electron chi connectivity index (χ4n) is 3.06. The lowest BCUT2D eigenvalue weighted by atomic mass is 10.2. The molecule has 5 nitrogen and oxygen atoms in total. The zero-order chi connectivity index (χ0) is 18.4. The number of benzene rings is 2. The van der Waals surface area contributed by atoms with Crippen LogP contribution in [-0.4, -0.2) is 62.6 Å². The lowest BCUT2D eigenvalue weighted by Gasteiger charge is -2.36. The van der Waals surface area contributed by atoms with Crippen LogP contribution >= 0.6 is 24.8 Å². The molecule has 0 aliphatic carbocycles. The van der Waals surface area contributed by atoms with E-state index in [9.17, 15) is 9.50 Å². The lowest BCUT2D eigenvalue weighted by Crippen LogP contribution is -2.49. The molecule has 1 atom stereocenters. The van der Waals surface area contributed by atoms with Crippen molar-refractivity contribution >= 4 is 30.5 Å². The highest BCUT2D eigenvalue weighted by Gasteiger charge is 2.19. The molecule has 1 heterocycles. The van der Waals surface area contributed by atoms with Gasteiger partial charge in [-0.05, 0) is 48.5 Å². The average Bonchev–Trinajstić information content (AvgIpc) is 2.68. The van der Waals surface area contributed by atoms with Gasteiger partial charge in [-0.25, -0.2) is 4.39 Å². The topological polar surface area (TPSA) is 45.2 Å². The Hall–Kier alpha value is -1.73. The third kappa shape index (κ3) is 7.02. The summed E-state index contributed by atoms with van der Waals surface area (Å²) >= 11 is 0. The van der Waals surface area contributed by atoms with Gasteiger partial charge in [0.2, 0.25) is 0 Å². The molecular formula is C20H27Cl2FN2O3. The molecule has 0 amide bonds. The Morgan fingerprint density at radius 1 is 0.929 bits per heavy atom. The first kappa shape index (κ1) is 24.3. The van der Waals surface area contributed by atoms with Crippen molar-refractivity contribution in [2.24, 2.45) is 0 Å². The third-order valence-corrected chi connectivity index (χ3v) is 4.53. The molecule has 0 aromatic heterocycles. The van der Waals surface area contributed by atoms with E-state index in [1.807, 2.05) is 12.1 Å². The van der Waals surface area contributed by atoms with Crippen molar-refractivity contribution in [1.82, 2.24) is 4.90 Å². The number of methoxy groups -OCH3 is 1. The standard InChI is InChI=1S/C20H25FN2O3.2ClH/c1-25-19-8-4-17(5-9-19)23-12-10-22(11-13-23)14-18(24)15-26-20-6-2-16(21)3-7-20;;/h2-9,18,24H,10-15H2,1H3;2*1H. The maximum Gasteiger partial charge on any atom is 0.123 e. The monoisotopic (exact) mass is 432 g/mol. The van der Waals surface area contributed by atoms with E-state index in [1.54, 1.807) is 19.2 Å². The molecule has 0 spiro atoms. The Labute approximate surface area is 177 Å². The summed E-state index contributed by atoms with van der Waals surface area (Å²) in [4.78, 5) is 4.57. The summed E-state index contributed by atoms with van der Waals surface area (Å²) in [6.45, 7) is 4.37. The minimum Gasteiger partial charge on any atom is -0.497 e. The molecule has 0 bridgehead atoms. The van der Waals surface area contributed by atoms with Gasteiger partial charge in [0.1, 0.15) is 30.0 Å². The van der Waals surface area contributed by atoms with Gasteiger partial charge in [-0.2, -0.15) is 0 Å². The minimum absolute atomic E-state index is 0. The highest BCUT2D eigenvalue weighted by atomic mass is 35.5. The van der Waals surface area contributed by atoms with Crippen LogP contribution in [-0.2, 0) is 0 Å². The van der Waals surface area contributed by atoms with Crippen LogP contribution < -0.4 is 14.4 Å². The van der Waals surface area contributed by atoms with E-state index in [-0.39, 0.29) is 37.2 Å². The second kappa shape index (κ2) is 12.0. The number of hydrogen-bond donors (Lipinski definition) is 1. The number of anilines is 1. The normalized spacial score (nSPS) is 15.2. The van der Waals surface area contributed by atoms with Crippen LogP contribution in [0.25, 0.3) is 0 Å². The quantitative estimate of drug-likeness (QED) is 0.727. The van der Waals surface area contributed by atoms with Crippen molar-refractivity contribution in [1.29, 1.82) is 0 Å². The molecule has 1 unspecified atom stereocenters. The van der Waals surface area contributed by atoms with Gasteiger partial charge in [-0.15, -0.1) is 24.8 Å². The maximum absolute atomic E-state index is 12.9. The van der Waals surface area contributed by atoms with Gasteiger partial charge in [-0.1, -0.05) is 0 Å². The van der Waals surface area contributed by atoms with Crippen LogP contribution in [0.3, 0.4) is 0 Å². The summed E-state index contributed by atoms with van der Waals surface area (Å²) in [5, 5.41) is 10.2. The second-order valence-corrected chi connectivity index (χ2v) is 6.40. The Balaban J connectivity index is 0.00000196. The van der Waals surface area contributed by atoms with E-state index in [1.165, 1.54) is 17.8 Å². The summed E-state index contributed by atoms with van der Waals surface area (Å²) in [5.41, 5.74) is 1.19. The number of piperazine rings is 1. The Morgan fingerprint density at radius 3 is 2.07 bits per heavy atom. The molecule has 1 N–H and O–H groups in total. The van der Waals surface area contributed by atoms with Crippen LogP contribution in [0.4, 0.5) is 10.1 Å². The van der Waals surface area contributed by atoms with Crippen LogP contribution in [0, 0.1) is 5.82 Å². The number of β-amino-alcohol motifs (C(OH)–C–C–N with tert-alkyl or cyclic N) is 1. The highest BCUT2D eigenvalue weighted by Crippen LogP contribution is 2.20. The number of halogens is 3. The number of ether oxygens (including phenoxy) is 2. The van der Waals surface area contributed by atoms with Gasteiger partial charge in [-0.3, -0.25) is 4.90 Å². The maximum atomic E-state index is 12.9. The molecule has 3 rings (SSSR count). The molecule has 28 heavy (non-hydrogen) atoms. The fraction of sp³-hybridized carbons (Fsp3) is 0.400. The van der Waals surface area contributed by atoms with E-state index in [2.05, 4.69) is 21.9 Å². The first-order valence-corrected chi connectivity index (χ1v) is 8.82. The summed E-state index contributed by atoms with van der Waals surface area (Å²) < 4.78 is 23.6. The zero-order valence-electron chi connectivity index (χ0n) is 15.8. The van der Waals surface area contributed by atoms with E-state index in [4.69, 9.17) is 9.47 Å². The molecule has 8 heteroatoms. The molecule has 156 valence electrons. The Morgan fingerprint density at radius 2 is 1.50 bits per heavy atom. The van der Waals surface area contributed by atoms with E-state index >= 15 is 0 Å². The van der Waals surface area contributed by atoms with E-state index in [0.29, 0.717) is 12.3 Å². The molecule has 1 aliphatic heterocycles. The number of hydrogen-bond acceptors (Lipinski definition) is 5. The van der Waals surface area contributed by atoms with Crippen LogP contribution in [0.2, 0.25) is 0 Å². The predicted molar refractivity (Wildman–Crippen MR) is 114 cm³/mol. The number of aliphatic hydroxyl groups is 1. The first-order chi connectivity index (χ1) is 12.6. The summed E-state index contributed by atoms with van der Waals surface area (Å²) in [6, 6.07) is 13.9. The van der Waals surface area contributed by atoms with E-state index < -0.39 is 6.10 Å². The lowest BCUT2D eigenvalue weighted by molar-refractivity contribution is 0.0663. The Kier molecular flexibility index (Phi) is 10.4. The van der Waals surface area contributed by atoms with Gasteiger partial charge in [0.15, 0.2) is 0 Å². The van der Waals surface area contributed by atoms with Crippen molar-refractivity contribution in [3.8, 4) is 11.5 Å². The van der Waals surface area contributed by atoms with E-state index in [0.717, 1.165) is 31.9 Å². The van der Waals surface area contributed by atoms with Gasteiger partial charge >= 0.3 is 0 Å². The third-order valence-electron chi connectivity index (χ3n) is 4.53. The fourth-order valence-corrected chi connectivity index (χ4v) is 3.06. The molecule has 2 aromatic carbocycles. The average molecular weight is 433 g/mol. The van der Waals surface area contributed by atoms with Gasteiger partial charge < -0.3 is 19.5 Å². The minimum atomic E-state index is -0.576. The van der Waals surface area contributed by atoms with Crippen molar-refractivity contribution < 1.29 is 19.0 Å². The first-order valence-electron chi connectivity index (χ1n) is 8.82. The number of aliphatic hydroxyl groups excluding tert-OH is 1. The molecular weight excluding hydrogens is 406 g/mol. The highest BCUT2D eigenvalue weighted by molar-refractivity contribution is 5.85. The SMILES string of the molecule is COc1ccc(N2CCN(CC(O)COc3ccc(F)cc3)CC2)cc1.Cl.Cl. The van der Waals surface area contributed by atoms with Gasteiger partial charge in [0, 0.05) is 38.4 Å². The molecule has 1 saturated heterocycles. The molecule has 1 fully saturated rings. The van der Waals surface area contributed by atoms with Crippen molar-refractivity contribution in [2.45, 2.75) is 6.10 Å². The largest absolute Gasteiger partial charge is 0.497 e. The summed E-state index contributed by atoms with van der Waals surface area (Å²) in [7, 11) is 1.67. The van der Waals surface area contributed by atoms with Gasteiger partial charge in [0.05, 0.1) is 7.11 Å². The molecule has 1 aliphatic rings. The smallest absolute Gasteiger partial charge is 0.123 e. The van der Waals surface area contributed by atoms with Gasteiger partial charge in [0.25, 0.3) is 0 Å². The summed E-state index contributed by atoms with van der Waals surface area (Å²) in [6.07, 6.45) is -0.576. The van der Waals surface area contributed by atoms with Crippen LogP contribution in [0.1, 0.15) is 0 Å². The number of nitrogens with zero attached hydrogens (tertiary/aromatic N) is 2.